The van der Waals surface area contributed by atoms with E-state index in [2.05, 4.69) is 47.1 Å². The van der Waals surface area contributed by atoms with Crippen molar-refractivity contribution in [2.75, 3.05) is 37.4 Å². The van der Waals surface area contributed by atoms with Gasteiger partial charge in [0.1, 0.15) is 31.3 Å². The zero-order valence-corrected chi connectivity index (χ0v) is 26.6. The van der Waals surface area contributed by atoms with Crippen LogP contribution in [0.4, 0.5) is 11.8 Å². The number of hydrogen-bond donors (Lipinski definition) is 7. The van der Waals surface area contributed by atoms with Crippen molar-refractivity contribution >= 4 is 34.1 Å². The SMILES string of the molecule is [3H]c1nc(N[C@H]2CCN(c3n[c-]c4ncn([C@@H]5C[C@H](NC)[C@H](O)[C@@H]5O)c4n3)C2)c2ncn([C@@H]3C[C@H](NC)[C@H](O)[C@@H]3O)c2n1.[Y]. The Balaban J connectivity index is 0.00000343. The van der Waals surface area contributed by atoms with Crippen LogP contribution in [0.15, 0.2) is 19.0 Å². The number of aliphatic hydroxyl groups excluding tert-OH is 4. The van der Waals surface area contributed by atoms with Crippen LogP contribution in [0.1, 0.15) is 32.7 Å². The van der Waals surface area contributed by atoms with Gasteiger partial charge in [0.15, 0.2) is 11.5 Å². The van der Waals surface area contributed by atoms with Crippen LogP contribution < -0.4 is 20.9 Å². The van der Waals surface area contributed by atoms with Gasteiger partial charge in [-0.3, -0.25) is 4.98 Å². The Labute approximate surface area is 273 Å². The summed E-state index contributed by atoms with van der Waals surface area (Å²) in [5.74, 6) is 0.899. The van der Waals surface area contributed by atoms with Gasteiger partial charge >= 0.3 is 0 Å². The second kappa shape index (κ2) is 12.2. The zero-order chi connectivity index (χ0) is 30.0. The molecule has 2 aliphatic carbocycles. The molecule has 0 amide bonds. The van der Waals surface area contributed by atoms with Gasteiger partial charge in [-0.05, 0) is 39.6 Å². The first-order valence-electron chi connectivity index (χ1n) is 14.7. The number of nitrogens with one attached hydrogen (secondary N) is 3. The van der Waals surface area contributed by atoms with Crippen molar-refractivity contribution in [2.24, 2.45) is 0 Å². The van der Waals surface area contributed by atoms with E-state index in [9.17, 15) is 20.4 Å². The van der Waals surface area contributed by atoms with Gasteiger partial charge in [-0.1, -0.05) is 0 Å². The Morgan fingerprint density at radius 2 is 1.53 bits per heavy atom. The fourth-order valence-corrected chi connectivity index (χ4v) is 6.70. The van der Waals surface area contributed by atoms with Gasteiger partial charge in [0.25, 0.3) is 0 Å². The fraction of sp³-hybridized carbons (Fsp3) is 0.615. The van der Waals surface area contributed by atoms with E-state index < -0.39 is 36.5 Å². The molecule has 9 atom stereocenters. The molecule has 2 saturated carbocycles. The molecular formula is C26H35N12O4Y-. The quantitative estimate of drug-likeness (QED) is 0.106. The maximum Gasteiger partial charge on any atom is 0.165 e. The third-order valence-electron chi connectivity index (χ3n) is 9.12. The number of rotatable bonds is 7. The molecule has 0 bridgehead atoms. The second-order valence-electron chi connectivity index (χ2n) is 11.4. The van der Waals surface area contributed by atoms with Crippen LogP contribution in [0.5, 0.6) is 0 Å². The first-order chi connectivity index (χ1) is 20.8. The van der Waals surface area contributed by atoms with Crippen molar-refractivity contribution in [3.63, 3.8) is 0 Å². The second-order valence-corrected chi connectivity index (χ2v) is 11.4. The van der Waals surface area contributed by atoms with Crippen LogP contribution in [-0.4, -0.2) is 129 Å². The van der Waals surface area contributed by atoms with Crippen LogP contribution >= 0.6 is 0 Å². The third-order valence-corrected chi connectivity index (χ3v) is 9.12. The standard InChI is InChI=1S/C26H35N12O4.Y/c1-27-13-5-16(21(41)19(13)39)37-10-32-15-7-29-26(35-24(15)37)36-4-3-12(8-36)34-23-18-25(31-9-30-23)38(11-33-18)17-6-14(28-2)20(40)22(17)42;/h9-14,16-17,19-22,27-28,39-42H,3-6,8H2,1-2H3,(H,30,31,34);/q-1;/t12-,13-,14-,16+,17+,19-,20-,21+,22+;/m0./s1/i9T;. The number of hydrogen-bond acceptors (Lipinski definition) is 14. The number of likely N-dealkylation sites (N-methyl/N-ethyl adjacent to an activating group) is 2. The van der Waals surface area contributed by atoms with E-state index in [0.717, 1.165) is 6.42 Å². The van der Waals surface area contributed by atoms with E-state index in [1.807, 2.05) is 4.90 Å². The average Bonchev–Trinajstić information content (AvgIpc) is 3.82. The molecule has 227 valence electrons. The Hall–Kier alpha value is -2.44. The molecule has 7 N–H and O–H groups in total. The molecule has 1 radical (unpaired) electrons. The van der Waals surface area contributed by atoms with Crippen molar-refractivity contribution < 1.29 is 54.5 Å². The molecule has 0 aromatic carbocycles. The van der Waals surface area contributed by atoms with Gasteiger partial charge in [0, 0.05) is 75.1 Å². The molecule has 43 heavy (non-hydrogen) atoms. The summed E-state index contributed by atoms with van der Waals surface area (Å²) >= 11 is 0. The Morgan fingerprint density at radius 3 is 2.19 bits per heavy atom. The molecule has 7 rings (SSSR count). The smallest absolute Gasteiger partial charge is 0.165 e. The van der Waals surface area contributed by atoms with Crippen LogP contribution in [-0.2, 0) is 32.7 Å². The van der Waals surface area contributed by atoms with E-state index in [0.29, 0.717) is 60.0 Å². The predicted octanol–water partition coefficient (Wildman–Crippen LogP) is -2.04. The molecule has 1 aliphatic heterocycles. The van der Waals surface area contributed by atoms with Crippen LogP contribution in [0.2, 0.25) is 0 Å². The van der Waals surface area contributed by atoms with Gasteiger partial charge in [0.2, 0.25) is 0 Å². The normalized spacial score (nSPS) is 32.9. The monoisotopic (exact) mass is 670 g/mol. The number of imidazole rings is 2. The largest absolute Gasteiger partial charge is 0.392 e. The molecule has 4 aromatic heterocycles. The molecule has 1 saturated heterocycles. The molecule has 17 heteroatoms. The van der Waals surface area contributed by atoms with Crippen molar-refractivity contribution in [3.05, 3.63) is 25.2 Å². The summed E-state index contributed by atoms with van der Waals surface area (Å²) in [6.07, 6.45) is 3.93. The Kier molecular flexibility index (Phi) is 8.28. The first kappa shape index (κ1) is 29.3. The van der Waals surface area contributed by atoms with Gasteiger partial charge < -0.3 is 60.4 Å². The third kappa shape index (κ3) is 5.21. The summed E-state index contributed by atoms with van der Waals surface area (Å²) in [7, 11) is 3.50. The summed E-state index contributed by atoms with van der Waals surface area (Å²) in [5.41, 5.74) is 1.92. The van der Waals surface area contributed by atoms with Gasteiger partial charge in [-0.2, -0.15) is 0 Å². The van der Waals surface area contributed by atoms with Gasteiger partial charge in [-0.15, -0.1) is 0 Å². The van der Waals surface area contributed by atoms with E-state index in [4.69, 9.17) is 6.35 Å². The molecule has 4 aromatic rings. The average molecular weight is 671 g/mol. The summed E-state index contributed by atoms with van der Waals surface area (Å²) in [6.45, 7) is 1.21. The van der Waals surface area contributed by atoms with Crippen molar-refractivity contribution in [2.45, 2.75) is 73.9 Å². The van der Waals surface area contributed by atoms with Gasteiger partial charge in [0.05, 0.1) is 36.9 Å². The minimum absolute atomic E-state index is 0. The van der Waals surface area contributed by atoms with E-state index in [1.54, 1.807) is 35.9 Å². The van der Waals surface area contributed by atoms with Crippen LogP contribution in [0, 0.1) is 6.20 Å². The minimum atomic E-state index is -1.00. The Morgan fingerprint density at radius 1 is 0.884 bits per heavy atom. The van der Waals surface area contributed by atoms with E-state index >= 15 is 0 Å². The molecule has 0 spiro atoms. The summed E-state index contributed by atoms with van der Waals surface area (Å²) in [6, 6.07) is -1.40. The van der Waals surface area contributed by atoms with E-state index in [-0.39, 0.29) is 57.1 Å². The molecule has 5 heterocycles. The molecular weight excluding hydrogens is 633 g/mol. The summed E-state index contributed by atoms with van der Waals surface area (Å²) < 4.78 is 11.7. The van der Waals surface area contributed by atoms with Crippen LogP contribution in [0.25, 0.3) is 22.3 Å². The first-order valence-corrected chi connectivity index (χ1v) is 14.2. The van der Waals surface area contributed by atoms with E-state index in [1.165, 1.54) is 0 Å². The zero-order valence-electron chi connectivity index (χ0n) is 24.8. The topological polar surface area (TPSA) is 207 Å². The van der Waals surface area contributed by atoms with Crippen molar-refractivity contribution in [1.29, 1.82) is 0 Å². The maximum absolute atomic E-state index is 10.7. The fourth-order valence-electron chi connectivity index (χ4n) is 6.70. The number of fused-ring (bicyclic) bond motifs is 2. The van der Waals surface area contributed by atoms with Crippen LogP contribution in [0.3, 0.4) is 0 Å². The molecule has 0 unspecified atom stereocenters. The number of aliphatic hydroxyl groups is 4. The van der Waals surface area contributed by atoms with Crippen molar-refractivity contribution in [1.82, 2.24) is 49.7 Å². The van der Waals surface area contributed by atoms with Crippen molar-refractivity contribution in [3.8, 4) is 0 Å². The number of anilines is 2. The number of nitrogens with zero attached hydrogens (tertiary/aromatic N) is 9. The summed E-state index contributed by atoms with van der Waals surface area (Å²) in [4.78, 5) is 28.7. The molecule has 16 nitrogen and oxygen atoms in total. The molecule has 3 aliphatic rings. The van der Waals surface area contributed by atoms with Gasteiger partial charge in [-0.25, -0.2) is 15.0 Å². The minimum Gasteiger partial charge on any atom is -0.392 e. The Bertz CT molecular complexity index is 1640. The summed E-state index contributed by atoms with van der Waals surface area (Å²) in [5, 5.41) is 51.7. The maximum atomic E-state index is 10.7. The predicted molar refractivity (Wildman–Crippen MR) is 151 cm³/mol. The number of aromatic nitrogens is 8. The molecule has 3 fully saturated rings.